The molecule has 1 aliphatic rings. The van der Waals surface area contributed by atoms with Crippen molar-refractivity contribution >= 4 is 23.5 Å². The van der Waals surface area contributed by atoms with E-state index in [9.17, 15) is 19.2 Å². The van der Waals surface area contributed by atoms with Crippen LogP contribution in [0, 0.1) is 22.2 Å². The molecular formula is C26H38N4O4. The number of nitrogens with zero attached hydrogens (tertiary/aromatic N) is 3. The number of carbonyl (C=O) groups excluding carboxylic acids is 4. The quantitative estimate of drug-likeness (QED) is 0.519. The van der Waals surface area contributed by atoms with E-state index in [1.807, 2.05) is 61.5 Å². The summed E-state index contributed by atoms with van der Waals surface area (Å²) in [4.78, 5) is 51.2. The SMILES string of the molecule is CC(=O)[C@@H](N1C(=O)c2ccccc2C1=O)C(C)(C)C.CC(C)N(CC#N)C(=O)[C@@H](N)C(C)(C)C. The Hall–Kier alpha value is -3.05. The van der Waals surface area contributed by atoms with E-state index in [2.05, 4.69) is 0 Å². The van der Waals surface area contributed by atoms with Crippen molar-refractivity contribution in [2.24, 2.45) is 16.6 Å². The van der Waals surface area contributed by atoms with Crippen LogP contribution in [-0.2, 0) is 9.59 Å². The van der Waals surface area contributed by atoms with Gasteiger partial charge in [-0.1, -0.05) is 53.7 Å². The van der Waals surface area contributed by atoms with Gasteiger partial charge in [-0.15, -0.1) is 0 Å². The van der Waals surface area contributed by atoms with Gasteiger partial charge in [0, 0.05) is 6.04 Å². The van der Waals surface area contributed by atoms with Gasteiger partial charge in [-0.05, 0) is 43.7 Å². The topological polar surface area (TPSA) is 125 Å². The Morgan fingerprint density at radius 2 is 1.44 bits per heavy atom. The van der Waals surface area contributed by atoms with E-state index in [0.717, 1.165) is 4.90 Å². The van der Waals surface area contributed by atoms with Gasteiger partial charge in [-0.2, -0.15) is 5.26 Å². The van der Waals surface area contributed by atoms with E-state index in [0.29, 0.717) is 11.1 Å². The molecule has 0 unspecified atom stereocenters. The van der Waals surface area contributed by atoms with Crippen molar-refractivity contribution < 1.29 is 19.2 Å². The molecule has 0 aliphatic carbocycles. The Balaban J connectivity index is 0.000000352. The van der Waals surface area contributed by atoms with Gasteiger partial charge in [0.25, 0.3) is 11.8 Å². The van der Waals surface area contributed by atoms with Crippen molar-refractivity contribution in [3.63, 3.8) is 0 Å². The molecule has 0 saturated carbocycles. The average Bonchev–Trinajstić information content (AvgIpc) is 2.95. The molecule has 0 saturated heterocycles. The zero-order chi connectivity index (χ0) is 26.6. The van der Waals surface area contributed by atoms with Gasteiger partial charge in [-0.25, -0.2) is 0 Å². The summed E-state index contributed by atoms with van der Waals surface area (Å²) in [5, 5.41) is 8.63. The van der Waals surface area contributed by atoms with Crippen LogP contribution >= 0.6 is 0 Å². The lowest BCUT2D eigenvalue weighted by Crippen LogP contribution is -2.52. The zero-order valence-corrected chi connectivity index (χ0v) is 21.8. The van der Waals surface area contributed by atoms with Crippen molar-refractivity contribution in [3.05, 3.63) is 35.4 Å². The van der Waals surface area contributed by atoms with Crippen LogP contribution in [0.5, 0.6) is 0 Å². The van der Waals surface area contributed by atoms with Crippen molar-refractivity contribution in [3.8, 4) is 6.07 Å². The molecule has 34 heavy (non-hydrogen) atoms. The van der Waals surface area contributed by atoms with Crippen LogP contribution in [0.2, 0.25) is 0 Å². The van der Waals surface area contributed by atoms with Crippen LogP contribution in [0.25, 0.3) is 0 Å². The fourth-order valence-electron chi connectivity index (χ4n) is 3.76. The highest BCUT2D eigenvalue weighted by atomic mass is 16.2. The summed E-state index contributed by atoms with van der Waals surface area (Å²) in [7, 11) is 0. The minimum absolute atomic E-state index is 0.00514. The van der Waals surface area contributed by atoms with Crippen LogP contribution < -0.4 is 5.73 Å². The molecule has 1 aliphatic heterocycles. The number of hydrogen-bond donors (Lipinski definition) is 1. The lowest BCUT2D eigenvalue weighted by molar-refractivity contribution is -0.136. The minimum atomic E-state index is -0.736. The first kappa shape index (κ1) is 29.0. The number of rotatable bonds is 5. The normalized spacial score (nSPS) is 15.2. The van der Waals surface area contributed by atoms with E-state index in [-0.39, 0.29) is 41.5 Å². The Morgan fingerprint density at radius 1 is 1.00 bits per heavy atom. The molecule has 1 aromatic carbocycles. The second kappa shape index (κ2) is 10.9. The third kappa shape index (κ3) is 6.51. The predicted molar refractivity (Wildman–Crippen MR) is 131 cm³/mol. The number of ketones is 1. The predicted octanol–water partition coefficient (Wildman–Crippen LogP) is 3.41. The fourth-order valence-corrected chi connectivity index (χ4v) is 3.76. The first-order valence-corrected chi connectivity index (χ1v) is 11.4. The Bertz CT molecular complexity index is 945. The molecule has 0 bridgehead atoms. The number of nitrogens with two attached hydrogens (primary N) is 1. The van der Waals surface area contributed by atoms with Gasteiger partial charge in [-0.3, -0.25) is 24.1 Å². The zero-order valence-electron chi connectivity index (χ0n) is 21.8. The summed E-state index contributed by atoms with van der Waals surface area (Å²) in [6.45, 7) is 16.6. The summed E-state index contributed by atoms with van der Waals surface area (Å²) < 4.78 is 0. The molecule has 1 aromatic rings. The third-order valence-electron chi connectivity index (χ3n) is 5.64. The number of Topliss-reactive ketones (excluding diaryl/α,β-unsaturated/α-hetero) is 1. The maximum absolute atomic E-state index is 12.4. The molecule has 0 spiro atoms. The molecule has 1 heterocycles. The second-order valence-corrected chi connectivity index (χ2v) is 11.0. The average molecular weight is 471 g/mol. The van der Waals surface area contributed by atoms with Gasteiger partial charge >= 0.3 is 0 Å². The number of nitriles is 1. The minimum Gasteiger partial charge on any atom is -0.326 e. The number of imide groups is 1. The largest absolute Gasteiger partial charge is 0.326 e. The van der Waals surface area contributed by atoms with E-state index in [1.54, 1.807) is 24.3 Å². The molecule has 2 N–H and O–H groups in total. The maximum Gasteiger partial charge on any atom is 0.262 e. The van der Waals surface area contributed by atoms with Crippen molar-refractivity contribution in [1.82, 2.24) is 9.80 Å². The summed E-state index contributed by atoms with van der Waals surface area (Å²) in [5.41, 5.74) is 5.85. The standard InChI is InChI=1S/C15H17NO3.C11H21N3O/c1-9(17)12(15(2,3)4)16-13(18)10-7-5-6-8-11(10)14(16)19;1-8(2)14(7-6-12)10(15)9(13)11(3,4)5/h5-8,12H,1-4H3;8-9H,7,13H2,1-5H3/t12-;9-/m11/s1. The van der Waals surface area contributed by atoms with E-state index < -0.39 is 17.5 Å². The Kier molecular flexibility index (Phi) is 9.31. The monoisotopic (exact) mass is 470 g/mol. The summed E-state index contributed by atoms with van der Waals surface area (Å²) in [6, 6.07) is 7.37. The molecule has 2 rings (SSSR count). The number of benzene rings is 1. The van der Waals surface area contributed by atoms with E-state index >= 15 is 0 Å². The molecule has 0 fully saturated rings. The van der Waals surface area contributed by atoms with Crippen LogP contribution in [0.3, 0.4) is 0 Å². The molecule has 186 valence electrons. The smallest absolute Gasteiger partial charge is 0.262 e. The fraction of sp³-hybridized carbons (Fsp3) is 0.577. The number of hydrogen-bond acceptors (Lipinski definition) is 6. The molecular weight excluding hydrogens is 432 g/mol. The van der Waals surface area contributed by atoms with Gasteiger partial charge in [0.15, 0.2) is 5.78 Å². The first-order valence-electron chi connectivity index (χ1n) is 11.4. The third-order valence-corrected chi connectivity index (χ3v) is 5.64. The van der Waals surface area contributed by atoms with Crippen molar-refractivity contribution in [2.75, 3.05) is 6.54 Å². The molecule has 2 atom stereocenters. The van der Waals surface area contributed by atoms with Crippen LogP contribution in [0.1, 0.15) is 83.0 Å². The van der Waals surface area contributed by atoms with E-state index in [1.165, 1.54) is 11.8 Å². The number of fused-ring (bicyclic) bond motifs is 1. The lowest BCUT2D eigenvalue weighted by atomic mass is 9.83. The molecule has 8 nitrogen and oxygen atoms in total. The summed E-state index contributed by atoms with van der Waals surface area (Å²) >= 11 is 0. The maximum atomic E-state index is 12.4. The van der Waals surface area contributed by atoms with Crippen LogP contribution in [0.4, 0.5) is 0 Å². The Labute approximate surface area is 203 Å². The van der Waals surface area contributed by atoms with Gasteiger partial charge in [0.2, 0.25) is 5.91 Å². The van der Waals surface area contributed by atoms with E-state index in [4.69, 9.17) is 11.0 Å². The van der Waals surface area contributed by atoms with Gasteiger partial charge < -0.3 is 10.6 Å². The van der Waals surface area contributed by atoms with Gasteiger partial charge in [0.05, 0.1) is 23.2 Å². The number of carbonyl (C=O) groups is 4. The lowest BCUT2D eigenvalue weighted by Gasteiger charge is -2.34. The molecule has 0 radical (unpaired) electrons. The summed E-state index contributed by atoms with van der Waals surface area (Å²) in [5.74, 6) is -1.09. The van der Waals surface area contributed by atoms with Crippen molar-refractivity contribution in [2.45, 2.75) is 80.4 Å². The second-order valence-electron chi connectivity index (χ2n) is 11.0. The molecule has 0 aromatic heterocycles. The van der Waals surface area contributed by atoms with Crippen LogP contribution in [-0.4, -0.2) is 58.0 Å². The van der Waals surface area contributed by atoms with Crippen molar-refractivity contribution in [1.29, 1.82) is 5.26 Å². The highest BCUT2D eigenvalue weighted by Gasteiger charge is 2.46. The van der Waals surface area contributed by atoms with Gasteiger partial charge in [0.1, 0.15) is 12.6 Å². The van der Waals surface area contributed by atoms with Crippen LogP contribution in [0.15, 0.2) is 24.3 Å². The number of amides is 3. The first-order chi connectivity index (χ1) is 15.5. The highest BCUT2D eigenvalue weighted by molar-refractivity contribution is 6.22. The molecule has 8 heteroatoms. The summed E-state index contributed by atoms with van der Waals surface area (Å²) in [6.07, 6.45) is 0. The highest BCUT2D eigenvalue weighted by Crippen LogP contribution is 2.32. The molecule has 3 amide bonds. The Morgan fingerprint density at radius 3 is 1.74 bits per heavy atom.